The van der Waals surface area contributed by atoms with Crippen LogP contribution in [-0.2, 0) is 12.4 Å². The predicted octanol–water partition coefficient (Wildman–Crippen LogP) is 6.27. The number of phenols is 1. The average molecular weight is 495 g/mol. The van der Waals surface area contributed by atoms with Gasteiger partial charge >= 0.3 is 12.4 Å². The highest BCUT2D eigenvalue weighted by Crippen LogP contribution is 2.40. The Bertz CT molecular complexity index is 980. The lowest BCUT2D eigenvalue weighted by molar-refractivity contribution is -0.138. The van der Waals surface area contributed by atoms with Crippen molar-refractivity contribution in [1.82, 2.24) is 4.90 Å². The van der Waals surface area contributed by atoms with Crippen molar-refractivity contribution in [3.63, 3.8) is 0 Å². The summed E-state index contributed by atoms with van der Waals surface area (Å²) in [5.74, 6) is -1.53. The first-order chi connectivity index (χ1) is 15.8. The lowest BCUT2D eigenvalue weighted by Gasteiger charge is -2.36. The molecule has 2 aliphatic heterocycles. The van der Waals surface area contributed by atoms with Crippen LogP contribution in [0.2, 0.25) is 0 Å². The summed E-state index contributed by atoms with van der Waals surface area (Å²) >= 11 is 0. The Balaban J connectivity index is 0.000000229. The normalized spacial score (nSPS) is 22.7. The van der Waals surface area contributed by atoms with E-state index in [1.807, 2.05) is 0 Å². The molecule has 2 aromatic carbocycles. The number of alkyl halides is 6. The third-order valence-corrected chi connectivity index (χ3v) is 6.11. The number of ether oxygens (including phenoxy) is 2. The van der Waals surface area contributed by atoms with Crippen LogP contribution >= 0.6 is 0 Å². The first-order valence-corrected chi connectivity index (χ1v) is 10.5. The van der Waals surface area contributed by atoms with Crippen molar-refractivity contribution in [3.8, 4) is 17.2 Å². The SMILES string of the molecule is COc1cc(C(F)(F)F)ccc1OC1C[C@H]2CC[C@@H](C1)N2C.Oc1cc(C(F)(F)F)ccc1F. The van der Waals surface area contributed by atoms with Crippen LogP contribution < -0.4 is 9.47 Å². The molecule has 0 saturated carbocycles. The first kappa shape index (κ1) is 25.9. The van der Waals surface area contributed by atoms with Crippen molar-refractivity contribution in [2.75, 3.05) is 14.2 Å². The van der Waals surface area contributed by atoms with Gasteiger partial charge in [-0.15, -0.1) is 0 Å². The number of fused-ring (bicyclic) bond motifs is 2. The van der Waals surface area contributed by atoms with Crippen molar-refractivity contribution in [1.29, 1.82) is 0 Å². The number of hydrogen-bond donors (Lipinski definition) is 1. The van der Waals surface area contributed by atoms with Crippen LogP contribution in [0.1, 0.15) is 36.8 Å². The Labute approximate surface area is 191 Å². The highest BCUT2D eigenvalue weighted by molar-refractivity contribution is 5.44. The van der Waals surface area contributed by atoms with Gasteiger partial charge in [-0.05, 0) is 69.1 Å². The zero-order valence-electron chi connectivity index (χ0n) is 18.4. The molecule has 1 unspecified atom stereocenters. The minimum Gasteiger partial charge on any atom is -0.505 e. The molecule has 0 spiro atoms. The van der Waals surface area contributed by atoms with E-state index in [2.05, 4.69) is 11.9 Å². The highest BCUT2D eigenvalue weighted by Gasteiger charge is 2.40. The standard InChI is InChI=1S/C16H20F3NO2.C7H4F4O/c1-20-11-4-5-12(20)9-13(8-11)22-14-6-3-10(16(17,18)19)7-15(14)21-2;8-5-2-1-4(3-6(5)12)7(9,10)11/h3,6-7,11-13H,4-5,8-9H2,1-2H3;1-3,12H/t11-,12+,13?;. The molecule has 2 aromatic rings. The van der Waals surface area contributed by atoms with E-state index in [-0.39, 0.29) is 11.9 Å². The van der Waals surface area contributed by atoms with Crippen molar-refractivity contribution in [2.45, 2.75) is 56.2 Å². The van der Waals surface area contributed by atoms with Crippen LogP contribution in [0.5, 0.6) is 17.2 Å². The number of methoxy groups -OCH3 is 1. The minimum absolute atomic E-state index is 0.0411. The number of halogens is 7. The number of aromatic hydroxyl groups is 1. The second-order valence-electron chi connectivity index (χ2n) is 8.29. The van der Waals surface area contributed by atoms with Gasteiger partial charge in [0, 0.05) is 12.1 Å². The summed E-state index contributed by atoms with van der Waals surface area (Å²) in [6.45, 7) is 0. The fraction of sp³-hybridized carbons (Fsp3) is 0.478. The van der Waals surface area contributed by atoms with E-state index in [9.17, 15) is 30.7 Å². The molecular weight excluding hydrogens is 471 g/mol. The molecule has 0 aliphatic carbocycles. The van der Waals surface area contributed by atoms with Crippen LogP contribution in [0.15, 0.2) is 36.4 Å². The van der Waals surface area contributed by atoms with Crippen LogP contribution in [0.25, 0.3) is 0 Å². The van der Waals surface area contributed by atoms with E-state index in [1.54, 1.807) is 0 Å². The van der Waals surface area contributed by atoms with Crippen molar-refractivity contribution < 1.29 is 45.3 Å². The summed E-state index contributed by atoms with van der Waals surface area (Å²) in [7, 11) is 3.50. The van der Waals surface area contributed by atoms with Crippen LogP contribution in [0.3, 0.4) is 0 Å². The summed E-state index contributed by atoms with van der Waals surface area (Å²) in [6.07, 6.45) is -4.71. The maximum Gasteiger partial charge on any atom is 0.416 e. The van der Waals surface area contributed by atoms with Gasteiger partial charge in [0.05, 0.1) is 18.2 Å². The van der Waals surface area contributed by atoms with Gasteiger partial charge in [-0.25, -0.2) is 4.39 Å². The van der Waals surface area contributed by atoms with Crippen LogP contribution in [0.4, 0.5) is 30.7 Å². The van der Waals surface area contributed by atoms with Gasteiger partial charge in [0.25, 0.3) is 0 Å². The maximum atomic E-state index is 12.7. The third kappa shape index (κ3) is 6.05. The Morgan fingerprint density at radius 1 is 0.853 bits per heavy atom. The lowest BCUT2D eigenvalue weighted by atomic mass is 10.0. The number of phenolic OH excluding ortho intramolecular Hbond substituents is 1. The molecule has 0 radical (unpaired) electrons. The number of piperidine rings is 1. The zero-order chi connectivity index (χ0) is 25.3. The van der Waals surface area contributed by atoms with Gasteiger partial charge in [0.1, 0.15) is 6.10 Å². The summed E-state index contributed by atoms with van der Waals surface area (Å²) in [5, 5.41) is 8.59. The zero-order valence-corrected chi connectivity index (χ0v) is 18.4. The molecule has 2 fully saturated rings. The number of rotatable bonds is 3. The Morgan fingerprint density at radius 3 is 1.88 bits per heavy atom. The van der Waals surface area contributed by atoms with Crippen LogP contribution in [-0.4, -0.2) is 42.4 Å². The van der Waals surface area contributed by atoms with Crippen LogP contribution in [0, 0.1) is 5.82 Å². The smallest absolute Gasteiger partial charge is 0.416 e. The minimum atomic E-state index is -4.55. The molecule has 2 bridgehead atoms. The largest absolute Gasteiger partial charge is 0.505 e. The second kappa shape index (κ2) is 9.89. The molecule has 11 heteroatoms. The van der Waals surface area contributed by atoms with E-state index in [4.69, 9.17) is 14.6 Å². The molecule has 4 nitrogen and oxygen atoms in total. The average Bonchev–Trinajstić information content (AvgIpc) is 2.95. The monoisotopic (exact) mass is 495 g/mol. The van der Waals surface area contributed by atoms with Gasteiger partial charge in [-0.3, -0.25) is 0 Å². The fourth-order valence-electron chi connectivity index (χ4n) is 4.27. The molecule has 188 valence electrons. The molecular formula is C23H24F7NO3. The van der Waals surface area contributed by atoms with E-state index in [0.29, 0.717) is 36.0 Å². The highest BCUT2D eigenvalue weighted by atomic mass is 19.4. The molecule has 2 saturated heterocycles. The number of hydrogen-bond acceptors (Lipinski definition) is 4. The Kier molecular flexibility index (Phi) is 7.54. The van der Waals surface area contributed by atoms with Crippen molar-refractivity contribution in [2.24, 2.45) is 0 Å². The molecule has 1 N–H and O–H groups in total. The first-order valence-electron chi connectivity index (χ1n) is 10.5. The van der Waals surface area contributed by atoms with E-state index in [0.717, 1.165) is 25.0 Å². The summed E-state index contributed by atoms with van der Waals surface area (Å²) in [4.78, 5) is 2.39. The van der Waals surface area contributed by atoms with Gasteiger partial charge in [0.2, 0.25) is 0 Å². The lowest BCUT2D eigenvalue weighted by Crippen LogP contribution is -2.43. The molecule has 2 heterocycles. The maximum absolute atomic E-state index is 12.7. The third-order valence-electron chi connectivity index (χ3n) is 6.11. The second-order valence-corrected chi connectivity index (χ2v) is 8.29. The van der Waals surface area contributed by atoms with Crippen molar-refractivity contribution >= 4 is 0 Å². The predicted molar refractivity (Wildman–Crippen MR) is 109 cm³/mol. The fourth-order valence-corrected chi connectivity index (χ4v) is 4.27. The number of benzene rings is 2. The van der Waals surface area contributed by atoms with Gasteiger partial charge in [-0.1, -0.05) is 0 Å². The molecule has 3 atom stereocenters. The van der Waals surface area contributed by atoms with Gasteiger partial charge in [-0.2, -0.15) is 26.3 Å². The van der Waals surface area contributed by atoms with E-state index >= 15 is 0 Å². The summed E-state index contributed by atoms with van der Waals surface area (Å²) < 4.78 is 97.1. The Morgan fingerprint density at radius 2 is 1.38 bits per heavy atom. The van der Waals surface area contributed by atoms with Gasteiger partial charge in [0.15, 0.2) is 23.1 Å². The number of nitrogens with zero attached hydrogens (tertiary/aromatic N) is 1. The molecule has 2 aliphatic rings. The van der Waals surface area contributed by atoms with E-state index in [1.165, 1.54) is 26.0 Å². The summed E-state index contributed by atoms with van der Waals surface area (Å²) in [6, 6.07) is 5.92. The Hall–Kier alpha value is -2.69. The van der Waals surface area contributed by atoms with E-state index < -0.39 is 35.0 Å². The summed E-state index contributed by atoms with van der Waals surface area (Å²) in [5.41, 5.74) is -1.79. The van der Waals surface area contributed by atoms with Crippen molar-refractivity contribution in [3.05, 3.63) is 53.3 Å². The molecule has 4 rings (SSSR count). The quantitative estimate of drug-likeness (QED) is 0.510. The molecule has 0 aromatic heterocycles. The topological polar surface area (TPSA) is 41.9 Å². The van der Waals surface area contributed by atoms with Gasteiger partial charge < -0.3 is 19.5 Å². The molecule has 34 heavy (non-hydrogen) atoms. The molecule has 0 amide bonds.